The first kappa shape index (κ1) is 16.1. The Kier molecular flexibility index (Phi) is 5.46. The summed E-state index contributed by atoms with van der Waals surface area (Å²) in [7, 11) is 0. The van der Waals surface area contributed by atoms with E-state index >= 15 is 0 Å². The molecule has 0 spiro atoms. The van der Waals surface area contributed by atoms with Gasteiger partial charge in [-0.1, -0.05) is 59.2 Å². The number of furan rings is 1. The molecular formula is C19H29NO. The Balaban J connectivity index is 2.50. The van der Waals surface area contributed by atoms with Gasteiger partial charge in [-0.25, -0.2) is 0 Å². The van der Waals surface area contributed by atoms with Gasteiger partial charge in [-0.05, 0) is 24.3 Å². The van der Waals surface area contributed by atoms with Crippen LogP contribution in [0.4, 0.5) is 0 Å². The first-order valence-corrected chi connectivity index (χ1v) is 8.34. The molecule has 1 N–H and O–H groups in total. The molecule has 0 aliphatic heterocycles. The van der Waals surface area contributed by atoms with Crippen LogP contribution in [0, 0.1) is 0 Å². The molecule has 1 aromatic heterocycles. The lowest BCUT2D eigenvalue weighted by atomic mass is 9.95. The van der Waals surface area contributed by atoms with Crippen LogP contribution in [0.1, 0.15) is 70.3 Å². The van der Waals surface area contributed by atoms with E-state index in [0.717, 1.165) is 37.2 Å². The Morgan fingerprint density at radius 1 is 1.14 bits per heavy atom. The number of nitrogens with one attached hydrogen (secondary N) is 1. The van der Waals surface area contributed by atoms with Crippen molar-refractivity contribution in [2.45, 2.75) is 72.4 Å². The number of hydrogen-bond donors (Lipinski definition) is 1. The van der Waals surface area contributed by atoms with E-state index in [2.05, 4.69) is 58.1 Å². The molecule has 2 rings (SSSR count). The van der Waals surface area contributed by atoms with Crippen LogP contribution in [0.15, 0.2) is 22.6 Å². The van der Waals surface area contributed by atoms with Gasteiger partial charge < -0.3 is 9.73 Å². The maximum atomic E-state index is 6.29. The average molecular weight is 287 g/mol. The lowest BCUT2D eigenvalue weighted by molar-refractivity contribution is 0.480. The third-order valence-corrected chi connectivity index (χ3v) is 4.25. The smallest absolute Gasteiger partial charge is 0.138 e. The van der Waals surface area contributed by atoms with Crippen molar-refractivity contribution >= 4 is 11.0 Å². The van der Waals surface area contributed by atoms with E-state index in [0.29, 0.717) is 12.0 Å². The number of aryl methyl sites for hydroxylation is 1. The Labute approximate surface area is 128 Å². The molecule has 116 valence electrons. The van der Waals surface area contributed by atoms with Crippen molar-refractivity contribution in [2.75, 3.05) is 0 Å². The lowest BCUT2D eigenvalue weighted by Gasteiger charge is -2.09. The van der Waals surface area contributed by atoms with E-state index in [9.17, 15) is 0 Å². The van der Waals surface area contributed by atoms with E-state index in [4.69, 9.17) is 4.42 Å². The highest BCUT2D eigenvalue weighted by Gasteiger charge is 2.18. The highest BCUT2D eigenvalue weighted by molar-refractivity contribution is 5.85. The Morgan fingerprint density at radius 2 is 1.90 bits per heavy atom. The molecule has 0 radical (unpaired) electrons. The maximum Gasteiger partial charge on any atom is 0.138 e. The molecule has 0 bridgehead atoms. The van der Waals surface area contributed by atoms with E-state index in [1.165, 1.54) is 16.5 Å². The van der Waals surface area contributed by atoms with Crippen LogP contribution < -0.4 is 5.32 Å². The second-order valence-corrected chi connectivity index (χ2v) is 6.32. The van der Waals surface area contributed by atoms with Gasteiger partial charge in [-0.15, -0.1) is 0 Å². The van der Waals surface area contributed by atoms with Crippen molar-refractivity contribution in [3.63, 3.8) is 0 Å². The number of para-hydroxylation sites is 1. The summed E-state index contributed by atoms with van der Waals surface area (Å²) in [5.74, 6) is 1.66. The fourth-order valence-electron chi connectivity index (χ4n) is 2.81. The average Bonchev–Trinajstić information content (AvgIpc) is 2.83. The predicted molar refractivity (Wildman–Crippen MR) is 90.9 cm³/mol. The van der Waals surface area contributed by atoms with Crippen molar-refractivity contribution in [3.05, 3.63) is 35.1 Å². The van der Waals surface area contributed by atoms with E-state index in [1.807, 2.05) is 0 Å². The van der Waals surface area contributed by atoms with Gasteiger partial charge in [-0.3, -0.25) is 0 Å². The van der Waals surface area contributed by atoms with Gasteiger partial charge in [-0.2, -0.15) is 0 Å². The highest BCUT2D eigenvalue weighted by atomic mass is 16.3. The summed E-state index contributed by atoms with van der Waals surface area (Å²) >= 11 is 0. The fourth-order valence-corrected chi connectivity index (χ4v) is 2.81. The molecular weight excluding hydrogens is 258 g/mol. The summed E-state index contributed by atoms with van der Waals surface area (Å²) in [4.78, 5) is 0. The monoisotopic (exact) mass is 287 g/mol. The van der Waals surface area contributed by atoms with Crippen LogP contribution in [-0.2, 0) is 13.0 Å². The van der Waals surface area contributed by atoms with E-state index < -0.39 is 0 Å². The fraction of sp³-hybridized carbons (Fsp3) is 0.579. The van der Waals surface area contributed by atoms with E-state index in [1.54, 1.807) is 0 Å². The summed E-state index contributed by atoms with van der Waals surface area (Å²) in [5.41, 5.74) is 3.85. The van der Waals surface area contributed by atoms with Gasteiger partial charge in [0.25, 0.3) is 0 Å². The molecule has 1 aromatic carbocycles. The van der Waals surface area contributed by atoms with Gasteiger partial charge in [0.05, 0.1) is 6.54 Å². The van der Waals surface area contributed by atoms with Gasteiger partial charge in [0.1, 0.15) is 11.3 Å². The molecule has 0 aliphatic carbocycles. The number of benzene rings is 1. The van der Waals surface area contributed by atoms with Crippen LogP contribution in [0.25, 0.3) is 11.0 Å². The van der Waals surface area contributed by atoms with Gasteiger partial charge in [0.15, 0.2) is 0 Å². The Bertz CT molecular complexity index is 583. The van der Waals surface area contributed by atoms with Crippen molar-refractivity contribution in [1.82, 2.24) is 5.32 Å². The SMILES string of the molecule is CCCc1c(CNC(C)C)oc2c(C(C)CC)cccc12. The van der Waals surface area contributed by atoms with Crippen LogP contribution in [0.2, 0.25) is 0 Å². The van der Waals surface area contributed by atoms with Crippen LogP contribution in [0.3, 0.4) is 0 Å². The third kappa shape index (κ3) is 3.49. The van der Waals surface area contributed by atoms with Crippen LogP contribution in [0.5, 0.6) is 0 Å². The van der Waals surface area contributed by atoms with Gasteiger partial charge >= 0.3 is 0 Å². The number of hydrogen-bond acceptors (Lipinski definition) is 2. The molecule has 0 saturated carbocycles. The largest absolute Gasteiger partial charge is 0.459 e. The topological polar surface area (TPSA) is 25.2 Å². The van der Waals surface area contributed by atoms with Crippen LogP contribution in [-0.4, -0.2) is 6.04 Å². The minimum Gasteiger partial charge on any atom is -0.459 e. The highest BCUT2D eigenvalue weighted by Crippen LogP contribution is 2.34. The second kappa shape index (κ2) is 7.13. The van der Waals surface area contributed by atoms with Gasteiger partial charge in [0.2, 0.25) is 0 Å². The summed E-state index contributed by atoms with van der Waals surface area (Å²) in [5, 5.41) is 4.81. The molecule has 2 aromatic rings. The molecule has 21 heavy (non-hydrogen) atoms. The number of rotatable bonds is 7. The minimum absolute atomic E-state index is 0.474. The first-order valence-electron chi connectivity index (χ1n) is 8.34. The summed E-state index contributed by atoms with van der Waals surface area (Å²) in [6.07, 6.45) is 3.38. The molecule has 0 fully saturated rings. The molecule has 2 nitrogen and oxygen atoms in total. The number of fused-ring (bicyclic) bond motifs is 1. The standard InChI is InChI=1S/C19H29NO/c1-6-9-16-17-11-8-10-15(14(5)7-2)19(17)21-18(16)12-20-13(3)4/h8,10-11,13-14,20H,6-7,9,12H2,1-5H3. The summed E-state index contributed by atoms with van der Waals surface area (Å²) in [6.45, 7) is 11.9. The summed E-state index contributed by atoms with van der Waals surface area (Å²) in [6, 6.07) is 7.09. The molecule has 1 unspecified atom stereocenters. The zero-order chi connectivity index (χ0) is 15.4. The first-order chi connectivity index (χ1) is 10.1. The Hall–Kier alpha value is -1.28. The van der Waals surface area contributed by atoms with Crippen molar-refractivity contribution in [3.8, 4) is 0 Å². The summed E-state index contributed by atoms with van der Waals surface area (Å²) < 4.78 is 6.29. The molecule has 1 heterocycles. The molecule has 0 saturated heterocycles. The lowest BCUT2D eigenvalue weighted by Crippen LogP contribution is -2.22. The molecule has 1 atom stereocenters. The normalized spacial score (nSPS) is 13.2. The zero-order valence-corrected chi connectivity index (χ0v) is 14.1. The molecule has 0 aliphatic rings. The zero-order valence-electron chi connectivity index (χ0n) is 14.1. The van der Waals surface area contributed by atoms with E-state index in [-0.39, 0.29) is 0 Å². The third-order valence-electron chi connectivity index (χ3n) is 4.25. The molecule has 2 heteroatoms. The predicted octanol–water partition coefficient (Wildman–Crippen LogP) is 5.40. The van der Waals surface area contributed by atoms with Crippen molar-refractivity contribution in [1.29, 1.82) is 0 Å². The Morgan fingerprint density at radius 3 is 2.52 bits per heavy atom. The van der Waals surface area contributed by atoms with Crippen molar-refractivity contribution in [2.24, 2.45) is 0 Å². The quantitative estimate of drug-likeness (QED) is 0.738. The second-order valence-electron chi connectivity index (χ2n) is 6.32. The maximum absolute atomic E-state index is 6.29. The van der Waals surface area contributed by atoms with Gasteiger partial charge in [0, 0.05) is 17.0 Å². The minimum atomic E-state index is 0.474. The van der Waals surface area contributed by atoms with Crippen molar-refractivity contribution < 1.29 is 4.42 Å². The molecule has 0 amide bonds. The van der Waals surface area contributed by atoms with Crippen LogP contribution >= 0.6 is 0 Å².